The molecule has 1 fully saturated rings. The van der Waals surface area contributed by atoms with Gasteiger partial charge in [-0.05, 0) is 71.6 Å². The second-order valence-corrected chi connectivity index (χ2v) is 18.2. The van der Waals surface area contributed by atoms with Crippen LogP contribution in [0.1, 0.15) is 153 Å². The van der Waals surface area contributed by atoms with Crippen LogP contribution in [0.4, 0.5) is 11.4 Å². The van der Waals surface area contributed by atoms with Crippen LogP contribution in [0, 0.1) is 0 Å². The first kappa shape index (κ1) is 45.5. The second kappa shape index (κ2) is 21.7. The molecule has 1 aliphatic rings. The topological polar surface area (TPSA) is 93.1 Å². The fourth-order valence-electron chi connectivity index (χ4n) is 10.7. The molecule has 6 nitrogen and oxygen atoms in total. The highest BCUT2D eigenvalue weighted by atomic mass is 16.3. The molecule has 0 unspecified atom stereocenters. The summed E-state index contributed by atoms with van der Waals surface area (Å²) >= 11 is 0. The Bertz CT molecular complexity index is 2190. The van der Waals surface area contributed by atoms with Gasteiger partial charge in [0, 0.05) is 58.5 Å². The number of anilines is 2. The summed E-state index contributed by atoms with van der Waals surface area (Å²) < 4.78 is 0. The van der Waals surface area contributed by atoms with E-state index in [2.05, 4.69) is 86.0 Å². The van der Waals surface area contributed by atoms with Crippen LogP contribution < -0.4 is 20.0 Å². The lowest BCUT2D eigenvalue weighted by Crippen LogP contribution is -2.63. The molecule has 0 radical (unpaired) electrons. The van der Waals surface area contributed by atoms with Gasteiger partial charge in [0.15, 0.2) is 0 Å². The van der Waals surface area contributed by atoms with Crippen molar-refractivity contribution >= 4 is 54.5 Å². The maximum atomic E-state index is 15.3. The van der Waals surface area contributed by atoms with Gasteiger partial charge in [-0.15, -0.1) is 12.2 Å². The van der Waals surface area contributed by atoms with Crippen LogP contribution in [0.2, 0.25) is 0 Å². The smallest absolute Gasteiger partial charge is 0.123 e. The van der Waals surface area contributed by atoms with Crippen molar-refractivity contribution in [3.63, 3.8) is 0 Å². The predicted octanol–water partition coefficient (Wildman–Crippen LogP) is 13.0. The largest absolute Gasteiger partial charge is 0.851 e. The standard InChI is InChI=1S/C56H72N2O4/c1-5-9-13-21-35-57(36-22-14-10-6-2)53-41-29-19-17-27-39(41)49(47-43(53)31-25-33-45(47)59)51-55(61)52(56(51)62)50-40-28-18-20-30-42(40)54(44-32-26-34-46(60)48(44)50)58(37-23-15-11-7-3)38-24-16-12-8-4/h17-20,25-34,51-52,55-56,59-60H,5-16,21-24,35-38H2,1-4H3/q-2. The molecule has 6 heteroatoms. The molecule has 1 saturated carbocycles. The molecule has 0 heterocycles. The summed E-state index contributed by atoms with van der Waals surface area (Å²) in [6.07, 6.45) is 15.9. The quantitative estimate of drug-likeness (QED) is 0.0466. The van der Waals surface area contributed by atoms with Gasteiger partial charge in [0.2, 0.25) is 0 Å². The van der Waals surface area contributed by atoms with Crippen molar-refractivity contribution < 1.29 is 20.4 Å². The average molecular weight is 837 g/mol. The van der Waals surface area contributed by atoms with E-state index in [0.717, 1.165) is 121 Å². The van der Waals surface area contributed by atoms with Crippen molar-refractivity contribution in [2.24, 2.45) is 0 Å². The lowest BCUT2D eigenvalue weighted by Gasteiger charge is -2.62. The number of fused-ring (bicyclic) bond motifs is 4. The summed E-state index contributed by atoms with van der Waals surface area (Å²) in [7, 11) is 0. The Labute approximate surface area is 371 Å². The van der Waals surface area contributed by atoms with Crippen LogP contribution in [0.3, 0.4) is 0 Å². The summed E-state index contributed by atoms with van der Waals surface area (Å²) in [4.78, 5) is 5.04. The van der Waals surface area contributed by atoms with E-state index < -0.39 is 24.0 Å². The first-order valence-electron chi connectivity index (χ1n) is 24.5. The summed E-state index contributed by atoms with van der Waals surface area (Å²) in [6.45, 7) is 12.6. The van der Waals surface area contributed by atoms with Crippen LogP contribution >= 0.6 is 0 Å². The van der Waals surface area contributed by atoms with E-state index >= 15 is 10.2 Å². The molecule has 0 spiro atoms. The minimum atomic E-state index is -1.29. The van der Waals surface area contributed by atoms with Crippen LogP contribution in [0.25, 0.3) is 43.1 Å². The predicted molar refractivity (Wildman–Crippen MR) is 260 cm³/mol. The van der Waals surface area contributed by atoms with Gasteiger partial charge in [0.1, 0.15) is 11.5 Å². The molecular weight excluding hydrogens is 765 g/mol. The Kier molecular flexibility index (Phi) is 15.9. The first-order chi connectivity index (χ1) is 30.4. The Morgan fingerprint density at radius 2 is 0.694 bits per heavy atom. The highest BCUT2D eigenvalue weighted by molar-refractivity contribution is 6.17. The van der Waals surface area contributed by atoms with Crippen molar-refractivity contribution in [2.75, 3.05) is 36.0 Å². The van der Waals surface area contributed by atoms with Gasteiger partial charge in [-0.2, -0.15) is 0 Å². The monoisotopic (exact) mass is 837 g/mol. The normalized spacial score (nSPS) is 17.6. The Morgan fingerprint density at radius 1 is 0.387 bits per heavy atom. The third-order valence-corrected chi connectivity index (χ3v) is 13.9. The molecule has 62 heavy (non-hydrogen) atoms. The van der Waals surface area contributed by atoms with Gasteiger partial charge < -0.3 is 30.2 Å². The van der Waals surface area contributed by atoms with Crippen LogP contribution in [-0.2, 0) is 0 Å². The number of nitrogens with zero attached hydrogens (tertiary/aromatic N) is 2. The second-order valence-electron chi connectivity index (χ2n) is 18.2. The molecule has 6 aromatic carbocycles. The van der Waals surface area contributed by atoms with Gasteiger partial charge in [-0.25, -0.2) is 0 Å². The number of phenolic OH excluding ortho intramolecular Hbond substituents is 2. The average Bonchev–Trinajstić information content (AvgIpc) is 3.28. The number of unbranched alkanes of at least 4 members (excludes halogenated alkanes) is 12. The maximum absolute atomic E-state index is 15.3. The molecule has 2 N–H and O–H groups in total. The number of hydrogen-bond acceptors (Lipinski definition) is 6. The number of rotatable bonds is 24. The molecular formula is C56H72N2O4-2. The van der Waals surface area contributed by atoms with Crippen LogP contribution in [0.15, 0.2) is 84.9 Å². The van der Waals surface area contributed by atoms with Gasteiger partial charge in [0.25, 0.3) is 0 Å². The molecule has 0 bridgehead atoms. The summed E-state index contributed by atoms with van der Waals surface area (Å²) in [5.41, 5.74) is 3.53. The van der Waals surface area contributed by atoms with Gasteiger partial charge >= 0.3 is 0 Å². The van der Waals surface area contributed by atoms with Crippen molar-refractivity contribution in [2.45, 2.75) is 154 Å². The summed E-state index contributed by atoms with van der Waals surface area (Å²) in [5.74, 6) is -1.55. The number of phenols is 2. The van der Waals surface area contributed by atoms with E-state index in [9.17, 15) is 10.2 Å². The van der Waals surface area contributed by atoms with E-state index in [4.69, 9.17) is 0 Å². The lowest BCUT2D eigenvalue weighted by atomic mass is 9.60. The third-order valence-electron chi connectivity index (χ3n) is 13.9. The van der Waals surface area contributed by atoms with Gasteiger partial charge in [-0.1, -0.05) is 178 Å². The van der Waals surface area contributed by atoms with Crippen LogP contribution in [-0.4, -0.2) is 48.6 Å². The molecule has 6 aromatic rings. The molecule has 332 valence electrons. The summed E-state index contributed by atoms with van der Waals surface area (Å²) in [6, 6.07) is 27.9. The van der Waals surface area contributed by atoms with E-state index in [1.54, 1.807) is 12.1 Å². The lowest BCUT2D eigenvalue weighted by molar-refractivity contribution is -0.535. The Hall–Kier alpha value is -4.52. The van der Waals surface area contributed by atoms with Crippen LogP contribution in [0.5, 0.6) is 11.5 Å². The summed E-state index contributed by atoms with van der Waals surface area (Å²) in [5, 5.41) is 61.3. The fourth-order valence-corrected chi connectivity index (χ4v) is 10.7. The first-order valence-corrected chi connectivity index (χ1v) is 24.5. The molecule has 0 saturated heterocycles. The Balaban J connectivity index is 1.36. The van der Waals surface area contributed by atoms with E-state index in [0.29, 0.717) is 21.9 Å². The molecule has 1 aliphatic carbocycles. The zero-order chi connectivity index (χ0) is 43.6. The van der Waals surface area contributed by atoms with Gasteiger partial charge in [0.05, 0.1) is 11.4 Å². The molecule has 0 aliphatic heterocycles. The van der Waals surface area contributed by atoms with Crippen molar-refractivity contribution in [1.29, 1.82) is 0 Å². The van der Waals surface area contributed by atoms with E-state index in [1.165, 1.54) is 51.4 Å². The minimum Gasteiger partial charge on any atom is -0.851 e. The highest BCUT2D eigenvalue weighted by Crippen LogP contribution is 2.56. The SMILES string of the molecule is CCCCCCN(CCCCCC)c1c2ccccc2c(C2C([O-])C(c3c4ccccc4c(N(CCCCCC)CCCCCC)c4cccc(O)c34)C2[O-])c2c(O)cccc12. The number of hydrogen-bond donors (Lipinski definition) is 2. The molecule has 0 atom stereocenters. The maximum Gasteiger partial charge on any atom is 0.123 e. The molecule has 7 rings (SSSR count). The van der Waals surface area contributed by atoms with Crippen molar-refractivity contribution in [3.05, 3.63) is 96.1 Å². The highest BCUT2D eigenvalue weighted by Gasteiger charge is 2.43. The molecule has 0 amide bonds. The third kappa shape index (κ3) is 9.24. The minimum absolute atomic E-state index is 0.111. The van der Waals surface area contributed by atoms with Crippen molar-refractivity contribution in [1.82, 2.24) is 0 Å². The van der Waals surface area contributed by atoms with Gasteiger partial charge in [-0.3, -0.25) is 0 Å². The van der Waals surface area contributed by atoms with Crippen molar-refractivity contribution in [3.8, 4) is 11.5 Å². The van der Waals surface area contributed by atoms with E-state index in [-0.39, 0.29) is 11.5 Å². The fraction of sp³-hybridized carbons (Fsp3) is 0.500. The molecule has 0 aromatic heterocycles. The van der Waals surface area contributed by atoms with E-state index in [1.807, 2.05) is 24.3 Å². The zero-order valence-electron chi connectivity index (χ0n) is 38.1. The number of aromatic hydroxyl groups is 2. The Morgan fingerprint density at radius 3 is 1.02 bits per heavy atom. The zero-order valence-corrected chi connectivity index (χ0v) is 38.1. The number of benzene rings is 6.